The average molecular weight is 371 g/mol. The van der Waals surface area contributed by atoms with Gasteiger partial charge >= 0.3 is 0 Å². The van der Waals surface area contributed by atoms with Crippen LogP contribution in [0.25, 0.3) is 0 Å². The number of carbonyl (C=O) groups is 2. The zero-order valence-electron chi connectivity index (χ0n) is 14.9. The third kappa shape index (κ3) is 2.26. The number of hydrogen-bond donors (Lipinski definition) is 1. The molecule has 138 valence electrons. The lowest BCUT2D eigenvalue weighted by molar-refractivity contribution is -0.121. The molecule has 0 aliphatic carbocycles. The molecule has 28 heavy (non-hydrogen) atoms. The fraction of sp³-hybridized carbons (Fsp3) is 0.190. The van der Waals surface area contributed by atoms with E-state index in [9.17, 15) is 9.59 Å². The third-order valence-corrected chi connectivity index (χ3v) is 5.63. The first-order valence-corrected chi connectivity index (χ1v) is 9.10. The molecule has 1 saturated heterocycles. The number of benzene rings is 1. The van der Waals surface area contributed by atoms with Crippen LogP contribution in [0.2, 0.25) is 0 Å². The van der Waals surface area contributed by atoms with Crippen LogP contribution in [0.1, 0.15) is 34.1 Å². The van der Waals surface area contributed by atoms with Gasteiger partial charge in [-0.3, -0.25) is 19.6 Å². The lowest BCUT2D eigenvalue weighted by Gasteiger charge is -2.34. The molecule has 1 N–H and O–H groups in total. The van der Waals surface area contributed by atoms with Gasteiger partial charge in [0.05, 0.1) is 12.2 Å². The normalized spacial score (nSPS) is 22.9. The van der Waals surface area contributed by atoms with Gasteiger partial charge in [-0.25, -0.2) is 4.98 Å². The molecule has 1 fully saturated rings. The van der Waals surface area contributed by atoms with Crippen molar-refractivity contribution in [2.45, 2.75) is 17.9 Å². The predicted molar refractivity (Wildman–Crippen MR) is 101 cm³/mol. The number of hydrogen-bond acceptors (Lipinski definition) is 5. The second kappa shape index (κ2) is 6.23. The number of carbonyl (C=O) groups excluding carboxylic acids is 2. The summed E-state index contributed by atoms with van der Waals surface area (Å²) >= 11 is 0. The second-order valence-electron chi connectivity index (χ2n) is 7.00. The summed E-state index contributed by atoms with van der Waals surface area (Å²) in [5.74, 6) is -0.326. The van der Waals surface area contributed by atoms with E-state index in [-0.39, 0.29) is 17.5 Å². The second-order valence-corrected chi connectivity index (χ2v) is 7.00. The lowest BCUT2D eigenvalue weighted by Crippen LogP contribution is -2.42. The van der Waals surface area contributed by atoms with E-state index in [0.29, 0.717) is 13.0 Å². The van der Waals surface area contributed by atoms with Crippen LogP contribution in [0.3, 0.4) is 0 Å². The molecule has 2 atom stereocenters. The number of pyridine rings is 1. The molecule has 7 heteroatoms. The number of fused-ring (bicyclic) bond motifs is 2. The number of nitrogens with one attached hydrogen (secondary N) is 1. The summed E-state index contributed by atoms with van der Waals surface area (Å²) in [7, 11) is 0. The lowest BCUT2D eigenvalue weighted by atomic mass is 9.73. The highest BCUT2D eigenvalue weighted by atomic mass is 16.2. The highest BCUT2D eigenvalue weighted by molar-refractivity contribution is 6.08. The monoisotopic (exact) mass is 371 g/mol. The molecule has 3 aromatic rings. The van der Waals surface area contributed by atoms with E-state index in [4.69, 9.17) is 0 Å². The van der Waals surface area contributed by atoms with E-state index in [1.54, 1.807) is 17.3 Å². The summed E-state index contributed by atoms with van der Waals surface area (Å²) < 4.78 is 0. The molecule has 4 heterocycles. The molecular weight excluding hydrogens is 354 g/mol. The number of nitrogens with zero attached hydrogens (tertiary/aromatic N) is 4. The Hall–Kier alpha value is -3.61. The minimum atomic E-state index is -0.850. The fourth-order valence-electron chi connectivity index (χ4n) is 4.46. The van der Waals surface area contributed by atoms with Crippen molar-refractivity contribution in [2.75, 3.05) is 11.9 Å². The molecule has 5 rings (SSSR count). The molecule has 1 aromatic carbocycles. The molecule has 2 amide bonds. The van der Waals surface area contributed by atoms with Crippen molar-refractivity contribution in [3.63, 3.8) is 0 Å². The standard InChI is InChI=1S/C21H17N5O2/c27-19(17-13-23-9-10-24-17)26-11-7-21(18(26)14-4-3-8-22-12-14)15-5-1-2-6-16(15)25-20(21)28/h1-6,8-10,12-13,18H,7,11H2,(H,25,28). The first-order chi connectivity index (χ1) is 13.7. The van der Waals surface area contributed by atoms with Gasteiger partial charge in [0.2, 0.25) is 5.91 Å². The van der Waals surface area contributed by atoms with Crippen molar-refractivity contribution < 1.29 is 9.59 Å². The van der Waals surface area contributed by atoms with Crippen LogP contribution >= 0.6 is 0 Å². The van der Waals surface area contributed by atoms with Gasteiger partial charge in [0.1, 0.15) is 11.1 Å². The Labute approximate surface area is 161 Å². The zero-order valence-corrected chi connectivity index (χ0v) is 14.9. The number of para-hydroxylation sites is 1. The molecule has 2 aliphatic heterocycles. The summed E-state index contributed by atoms with van der Waals surface area (Å²) in [5.41, 5.74) is 1.96. The SMILES string of the molecule is O=C(c1cnccn1)N1CCC2(C(=O)Nc3ccccc32)C1c1cccnc1. The minimum absolute atomic E-state index is 0.0861. The number of aromatic nitrogens is 3. The summed E-state index contributed by atoms with van der Waals surface area (Å²) in [6.07, 6.45) is 8.42. The Morgan fingerprint density at radius 1 is 1.07 bits per heavy atom. The van der Waals surface area contributed by atoms with Crippen LogP contribution in [-0.4, -0.2) is 38.2 Å². The average Bonchev–Trinajstić information content (AvgIpc) is 3.28. The number of anilines is 1. The fourth-order valence-corrected chi connectivity index (χ4v) is 4.46. The molecule has 0 radical (unpaired) electrons. The summed E-state index contributed by atoms with van der Waals surface area (Å²) in [4.78, 5) is 40.6. The van der Waals surface area contributed by atoms with Crippen molar-refractivity contribution in [1.29, 1.82) is 0 Å². The first-order valence-electron chi connectivity index (χ1n) is 9.10. The smallest absolute Gasteiger partial charge is 0.274 e. The van der Waals surface area contributed by atoms with Crippen LogP contribution < -0.4 is 5.32 Å². The third-order valence-electron chi connectivity index (χ3n) is 5.63. The van der Waals surface area contributed by atoms with E-state index in [0.717, 1.165) is 16.8 Å². The number of rotatable bonds is 2. The molecule has 2 aliphatic rings. The maximum Gasteiger partial charge on any atom is 0.274 e. The van der Waals surface area contributed by atoms with Crippen molar-refractivity contribution in [3.05, 3.63) is 84.2 Å². The Kier molecular flexibility index (Phi) is 3.68. The molecule has 1 spiro atoms. The van der Waals surface area contributed by atoms with E-state index < -0.39 is 11.5 Å². The van der Waals surface area contributed by atoms with E-state index >= 15 is 0 Å². The highest BCUT2D eigenvalue weighted by Crippen LogP contribution is 2.54. The van der Waals surface area contributed by atoms with E-state index in [1.165, 1.54) is 18.6 Å². The van der Waals surface area contributed by atoms with Gasteiger partial charge in [0.15, 0.2) is 0 Å². The molecule has 0 saturated carbocycles. The van der Waals surface area contributed by atoms with Crippen LogP contribution in [-0.2, 0) is 10.2 Å². The first kappa shape index (κ1) is 16.6. The summed E-state index contributed by atoms with van der Waals surface area (Å²) in [5, 5.41) is 3.00. The summed E-state index contributed by atoms with van der Waals surface area (Å²) in [6, 6.07) is 11.0. The topological polar surface area (TPSA) is 88.1 Å². The van der Waals surface area contributed by atoms with Crippen molar-refractivity contribution in [3.8, 4) is 0 Å². The molecule has 7 nitrogen and oxygen atoms in total. The number of amides is 2. The van der Waals surface area contributed by atoms with Crippen molar-refractivity contribution in [1.82, 2.24) is 19.9 Å². The largest absolute Gasteiger partial charge is 0.329 e. The predicted octanol–water partition coefficient (Wildman–Crippen LogP) is 2.35. The molecule has 2 aromatic heterocycles. The van der Waals surface area contributed by atoms with Gasteiger partial charge < -0.3 is 10.2 Å². The van der Waals surface area contributed by atoms with Crippen LogP contribution in [0.5, 0.6) is 0 Å². The molecule has 2 unspecified atom stereocenters. The quantitative estimate of drug-likeness (QED) is 0.747. The molecule has 0 bridgehead atoms. The van der Waals surface area contributed by atoms with Gasteiger partial charge in [0, 0.05) is 37.0 Å². The van der Waals surface area contributed by atoms with Gasteiger partial charge in [0.25, 0.3) is 5.91 Å². The highest BCUT2D eigenvalue weighted by Gasteiger charge is 2.59. The van der Waals surface area contributed by atoms with Crippen molar-refractivity contribution >= 4 is 17.5 Å². The summed E-state index contributed by atoms with van der Waals surface area (Å²) in [6.45, 7) is 0.441. The minimum Gasteiger partial charge on any atom is -0.329 e. The molecular formula is C21H17N5O2. The van der Waals surface area contributed by atoms with Crippen LogP contribution in [0.4, 0.5) is 5.69 Å². The maximum atomic E-state index is 13.3. The van der Waals surface area contributed by atoms with Gasteiger partial charge in [-0.1, -0.05) is 24.3 Å². The Balaban J connectivity index is 1.68. The van der Waals surface area contributed by atoms with Crippen molar-refractivity contribution in [2.24, 2.45) is 0 Å². The maximum absolute atomic E-state index is 13.3. The van der Waals surface area contributed by atoms with E-state index in [2.05, 4.69) is 20.3 Å². The number of likely N-dealkylation sites (tertiary alicyclic amines) is 1. The zero-order chi connectivity index (χ0) is 19.1. The Morgan fingerprint density at radius 2 is 1.93 bits per heavy atom. The Bertz CT molecular complexity index is 1060. The van der Waals surface area contributed by atoms with Crippen LogP contribution in [0, 0.1) is 0 Å². The van der Waals surface area contributed by atoms with Gasteiger partial charge in [-0.2, -0.15) is 0 Å². The van der Waals surface area contributed by atoms with Gasteiger partial charge in [-0.05, 0) is 29.7 Å². The van der Waals surface area contributed by atoms with E-state index in [1.807, 2.05) is 36.4 Å². The van der Waals surface area contributed by atoms with Crippen LogP contribution in [0.15, 0.2) is 67.4 Å². The van der Waals surface area contributed by atoms with Gasteiger partial charge in [-0.15, -0.1) is 0 Å². The Morgan fingerprint density at radius 3 is 2.71 bits per heavy atom.